The van der Waals surface area contributed by atoms with Crippen LogP contribution in [0.25, 0.3) is 0 Å². The Balaban J connectivity index is 1.77. The van der Waals surface area contributed by atoms with Crippen LogP contribution in [0.3, 0.4) is 0 Å². The molecule has 1 aliphatic heterocycles. The van der Waals surface area contributed by atoms with Crippen molar-refractivity contribution in [3.05, 3.63) is 24.5 Å². The molecule has 2 heterocycles. The van der Waals surface area contributed by atoms with Crippen LogP contribution in [0, 0.1) is 0 Å². The maximum atomic E-state index is 5.43. The molecule has 0 aliphatic carbocycles. The van der Waals surface area contributed by atoms with E-state index < -0.39 is 0 Å². The first-order valence-corrected chi connectivity index (χ1v) is 5.78. The van der Waals surface area contributed by atoms with E-state index in [9.17, 15) is 0 Å². The maximum Gasteiger partial charge on any atom is 0.0620 e. The number of nitrogens with one attached hydrogen (secondary N) is 1. The van der Waals surface area contributed by atoms with E-state index in [1.54, 1.807) is 6.20 Å². The molecule has 1 aliphatic rings. The summed E-state index contributed by atoms with van der Waals surface area (Å²) in [5, 5.41) is 3.46. The van der Waals surface area contributed by atoms with E-state index in [4.69, 9.17) is 4.74 Å². The molecule has 1 atom stereocenters. The molecule has 1 fully saturated rings. The highest BCUT2D eigenvalue weighted by Crippen LogP contribution is 2.10. The summed E-state index contributed by atoms with van der Waals surface area (Å²) in [4.78, 5) is 6.34. The predicted molar refractivity (Wildman–Crippen MR) is 64.7 cm³/mol. The molecule has 1 N–H and O–H groups in total. The minimum Gasteiger partial charge on any atom is -0.379 e. The van der Waals surface area contributed by atoms with Gasteiger partial charge in [0, 0.05) is 32.4 Å². The first-order chi connectivity index (χ1) is 7.86. The van der Waals surface area contributed by atoms with Crippen molar-refractivity contribution in [1.29, 1.82) is 0 Å². The van der Waals surface area contributed by atoms with Crippen molar-refractivity contribution >= 4 is 5.69 Å². The van der Waals surface area contributed by atoms with E-state index in [2.05, 4.69) is 28.3 Å². The minimum atomic E-state index is 0.493. The van der Waals surface area contributed by atoms with Crippen molar-refractivity contribution in [3.8, 4) is 0 Å². The van der Waals surface area contributed by atoms with Gasteiger partial charge in [0.2, 0.25) is 0 Å². The van der Waals surface area contributed by atoms with Crippen LogP contribution >= 0.6 is 0 Å². The third-order valence-electron chi connectivity index (χ3n) is 2.90. The van der Waals surface area contributed by atoms with E-state index in [1.807, 2.05) is 12.3 Å². The van der Waals surface area contributed by atoms with Crippen molar-refractivity contribution in [3.63, 3.8) is 0 Å². The Kier molecular flexibility index (Phi) is 4.13. The fourth-order valence-corrected chi connectivity index (χ4v) is 1.86. The van der Waals surface area contributed by atoms with Gasteiger partial charge in [0.15, 0.2) is 0 Å². The molecule has 0 saturated carbocycles. The van der Waals surface area contributed by atoms with Crippen molar-refractivity contribution in [2.24, 2.45) is 0 Å². The Bertz CT molecular complexity index is 298. The predicted octanol–water partition coefficient (Wildman–Crippen LogP) is 0.896. The average Bonchev–Trinajstić information content (AvgIpc) is 2.38. The molecule has 0 amide bonds. The van der Waals surface area contributed by atoms with E-state index in [-0.39, 0.29) is 0 Å². The maximum absolute atomic E-state index is 5.43. The molecule has 0 aromatic carbocycles. The Hall–Kier alpha value is -1.13. The third kappa shape index (κ3) is 3.18. The normalized spacial score (nSPS) is 20.7. The Morgan fingerprint density at radius 2 is 2.56 bits per heavy atom. The molecular weight excluding hydrogens is 202 g/mol. The van der Waals surface area contributed by atoms with Crippen molar-refractivity contribution in [1.82, 2.24) is 10.3 Å². The van der Waals surface area contributed by atoms with Gasteiger partial charge in [0.1, 0.15) is 0 Å². The van der Waals surface area contributed by atoms with Gasteiger partial charge in [-0.05, 0) is 18.6 Å². The van der Waals surface area contributed by atoms with Gasteiger partial charge in [0.05, 0.1) is 25.1 Å². The lowest BCUT2D eigenvalue weighted by Crippen LogP contribution is -2.42. The monoisotopic (exact) mass is 221 g/mol. The Morgan fingerprint density at radius 1 is 1.62 bits per heavy atom. The van der Waals surface area contributed by atoms with Crippen LogP contribution in [0.1, 0.15) is 6.42 Å². The lowest BCUT2D eigenvalue weighted by atomic mass is 10.2. The van der Waals surface area contributed by atoms with Gasteiger partial charge in [-0.2, -0.15) is 0 Å². The highest BCUT2D eigenvalue weighted by molar-refractivity contribution is 5.42. The quantitative estimate of drug-likeness (QED) is 0.819. The smallest absolute Gasteiger partial charge is 0.0620 e. The van der Waals surface area contributed by atoms with Crippen LogP contribution in [-0.4, -0.2) is 44.4 Å². The molecule has 1 unspecified atom stereocenters. The summed E-state index contributed by atoms with van der Waals surface area (Å²) in [5.74, 6) is 0. The highest BCUT2D eigenvalue weighted by Gasteiger charge is 2.13. The average molecular weight is 221 g/mol. The summed E-state index contributed by atoms with van der Waals surface area (Å²) in [6.45, 7) is 3.67. The summed E-state index contributed by atoms with van der Waals surface area (Å²) < 4.78 is 5.43. The summed E-state index contributed by atoms with van der Waals surface area (Å²) in [5.41, 5.74) is 1.17. The minimum absolute atomic E-state index is 0.493. The molecular formula is C12H19N3O. The number of rotatable bonds is 4. The van der Waals surface area contributed by atoms with Crippen LogP contribution in [0.5, 0.6) is 0 Å². The van der Waals surface area contributed by atoms with Crippen LogP contribution in [0.15, 0.2) is 24.5 Å². The molecule has 0 bridgehead atoms. The number of nitrogens with zero attached hydrogens (tertiary/aromatic N) is 2. The second-order valence-corrected chi connectivity index (χ2v) is 4.15. The van der Waals surface area contributed by atoms with Gasteiger partial charge in [-0.25, -0.2) is 0 Å². The number of hydrogen-bond acceptors (Lipinski definition) is 4. The molecule has 0 radical (unpaired) electrons. The van der Waals surface area contributed by atoms with Gasteiger partial charge >= 0.3 is 0 Å². The molecule has 1 saturated heterocycles. The largest absolute Gasteiger partial charge is 0.379 e. The summed E-state index contributed by atoms with van der Waals surface area (Å²) in [7, 11) is 2.10. The number of anilines is 1. The van der Waals surface area contributed by atoms with Gasteiger partial charge in [0.25, 0.3) is 0 Å². The van der Waals surface area contributed by atoms with Gasteiger partial charge in [-0.3, -0.25) is 4.98 Å². The lowest BCUT2D eigenvalue weighted by molar-refractivity contribution is 0.0749. The topological polar surface area (TPSA) is 37.4 Å². The third-order valence-corrected chi connectivity index (χ3v) is 2.90. The molecule has 0 spiro atoms. The summed E-state index contributed by atoms with van der Waals surface area (Å²) >= 11 is 0. The standard InChI is InChI=1S/C12H19N3O/c1-15(12-3-2-5-13-9-12)7-4-11-10-16-8-6-14-11/h2-3,5,9,11,14H,4,6-8,10H2,1H3. The van der Waals surface area contributed by atoms with Crippen LogP contribution in [-0.2, 0) is 4.74 Å². The zero-order valence-corrected chi connectivity index (χ0v) is 9.72. The van der Waals surface area contributed by atoms with Crippen LogP contribution in [0.2, 0.25) is 0 Å². The van der Waals surface area contributed by atoms with Gasteiger partial charge in [-0.1, -0.05) is 0 Å². The first-order valence-electron chi connectivity index (χ1n) is 5.78. The summed E-state index contributed by atoms with van der Waals surface area (Å²) in [6.07, 6.45) is 4.80. The number of hydrogen-bond donors (Lipinski definition) is 1. The fraction of sp³-hybridized carbons (Fsp3) is 0.583. The fourth-order valence-electron chi connectivity index (χ4n) is 1.86. The molecule has 1 aromatic heterocycles. The Labute approximate surface area is 96.6 Å². The zero-order chi connectivity index (χ0) is 11.2. The summed E-state index contributed by atoms with van der Waals surface area (Å²) in [6, 6.07) is 4.54. The molecule has 1 aromatic rings. The number of ether oxygens (including phenoxy) is 1. The van der Waals surface area contributed by atoms with E-state index in [1.165, 1.54) is 5.69 Å². The van der Waals surface area contributed by atoms with Crippen molar-refractivity contribution in [2.75, 3.05) is 38.3 Å². The van der Waals surface area contributed by atoms with Crippen molar-refractivity contribution in [2.45, 2.75) is 12.5 Å². The molecule has 88 valence electrons. The van der Waals surface area contributed by atoms with Crippen molar-refractivity contribution < 1.29 is 4.74 Å². The molecule has 16 heavy (non-hydrogen) atoms. The molecule has 4 heteroatoms. The van der Waals surface area contributed by atoms with E-state index in [0.29, 0.717) is 6.04 Å². The lowest BCUT2D eigenvalue weighted by Gasteiger charge is -2.26. The second kappa shape index (κ2) is 5.82. The highest BCUT2D eigenvalue weighted by atomic mass is 16.5. The number of aromatic nitrogens is 1. The zero-order valence-electron chi connectivity index (χ0n) is 9.72. The SMILES string of the molecule is CN(CCC1COCCN1)c1cccnc1. The van der Waals surface area contributed by atoms with Gasteiger partial charge < -0.3 is 15.0 Å². The second-order valence-electron chi connectivity index (χ2n) is 4.15. The number of morpholine rings is 1. The number of pyridine rings is 1. The van der Waals surface area contributed by atoms with E-state index >= 15 is 0 Å². The Morgan fingerprint density at radius 3 is 3.25 bits per heavy atom. The van der Waals surface area contributed by atoms with Crippen LogP contribution < -0.4 is 10.2 Å². The van der Waals surface area contributed by atoms with Gasteiger partial charge in [-0.15, -0.1) is 0 Å². The molecule has 2 rings (SSSR count). The van der Waals surface area contributed by atoms with Crippen LogP contribution in [0.4, 0.5) is 5.69 Å². The van der Waals surface area contributed by atoms with E-state index in [0.717, 1.165) is 32.7 Å². The first kappa shape index (κ1) is 11.4. The molecule has 4 nitrogen and oxygen atoms in total.